The van der Waals surface area contributed by atoms with Gasteiger partial charge in [-0.25, -0.2) is 8.42 Å². The van der Waals surface area contributed by atoms with Gasteiger partial charge in [0.2, 0.25) is 0 Å². The molecule has 0 unspecified atom stereocenters. The first-order chi connectivity index (χ1) is 10.0. The first-order valence-corrected chi connectivity index (χ1v) is 7.83. The fraction of sp³-hybridized carbons (Fsp3) is 0.200. The van der Waals surface area contributed by atoms with Gasteiger partial charge in [0.15, 0.2) is 0 Å². The van der Waals surface area contributed by atoms with Gasteiger partial charge in [-0.3, -0.25) is 4.84 Å². The van der Waals surface area contributed by atoms with Gasteiger partial charge in [-0.05, 0) is 36.2 Å². The first-order valence-electron chi connectivity index (χ1n) is 6.35. The fourth-order valence-electron chi connectivity index (χ4n) is 1.83. The van der Waals surface area contributed by atoms with Gasteiger partial charge >= 0.3 is 0 Å². The third kappa shape index (κ3) is 4.04. The molecule has 0 aliphatic rings. The lowest BCUT2D eigenvalue weighted by Crippen LogP contribution is -2.24. The predicted molar refractivity (Wildman–Crippen MR) is 79.3 cm³/mol. The van der Waals surface area contributed by atoms with Crippen LogP contribution < -0.4 is 9.62 Å². The summed E-state index contributed by atoms with van der Waals surface area (Å²) in [5, 5.41) is 0. The smallest absolute Gasteiger partial charge is 0.262 e. The van der Waals surface area contributed by atoms with Crippen LogP contribution in [-0.2, 0) is 21.5 Å². The van der Waals surface area contributed by atoms with Crippen molar-refractivity contribution in [1.82, 2.24) is 4.89 Å². The minimum atomic E-state index is -3.71. The lowest BCUT2D eigenvalue weighted by Gasteiger charge is -2.10. The molecule has 0 saturated heterocycles. The van der Waals surface area contributed by atoms with Crippen LogP contribution in [0.25, 0.3) is 0 Å². The average Bonchev–Trinajstić information content (AvgIpc) is 2.48. The molecule has 0 heterocycles. The highest BCUT2D eigenvalue weighted by Crippen LogP contribution is 2.21. The van der Waals surface area contributed by atoms with Gasteiger partial charge in [0, 0.05) is 0 Å². The van der Waals surface area contributed by atoms with E-state index in [0.29, 0.717) is 5.75 Å². The van der Waals surface area contributed by atoms with Crippen molar-refractivity contribution in [3.63, 3.8) is 0 Å². The largest absolute Gasteiger partial charge is 0.496 e. The molecule has 0 radical (unpaired) electrons. The molecule has 1 N–H and O–H groups in total. The van der Waals surface area contributed by atoms with E-state index in [9.17, 15) is 8.42 Å². The van der Waals surface area contributed by atoms with Crippen LogP contribution in [0.2, 0.25) is 0 Å². The zero-order chi connectivity index (χ0) is 15.3. The van der Waals surface area contributed by atoms with Crippen LogP contribution in [0.1, 0.15) is 11.1 Å². The highest BCUT2D eigenvalue weighted by Gasteiger charge is 2.15. The molecule has 0 amide bonds. The highest BCUT2D eigenvalue weighted by atomic mass is 32.2. The number of methoxy groups -OCH3 is 1. The summed E-state index contributed by atoms with van der Waals surface area (Å²) in [7, 11) is -2.17. The van der Waals surface area contributed by atoms with E-state index in [4.69, 9.17) is 9.57 Å². The van der Waals surface area contributed by atoms with Crippen molar-refractivity contribution in [2.45, 2.75) is 18.4 Å². The topological polar surface area (TPSA) is 64.6 Å². The fourth-order valence-corrected chi connectivity index (χ4v) is 2.72. The molecule has 2 rings (SSSR count). The number of aryl methyl sites for hydroxylation is 1. The van der Waals surface area contributed by atoms with Crippen LogP contribution in [-0.4, -0.2) is 15.5 Å². The van der Waals surface area contributed by atoms with E-state index in [1.165, 1.54) is 19.2 Å². The minimum Gasteiger partial charge on any atom is -0.496 e. The normalized spacial score (nSPS) is 11.3. The Morgan fingerprint density at radius 2 is 1.81 bits per heavy atom. The number of hydrogen-bond donors (Lipinski definition) is 1. The summed E-state index contributed by atoms with van der Waals surface area (Å²) in [4.78, 5) is 7.32. The van der Waals surface area contributed by atoms with E-state index in [0.717, 1.165) is 11.1 Å². The Bertz CT molecular complexity index is 699. The summed E-state index contributed by atoms with van der Waals surface area (Å²) < 4.78 is 29.3. The van der Waals surface area contributed by atoms with Crippen molar-refractivity contribution in [1.29, 1.82) is 0 Å². The maximum atomic E-state index is 12.1. The molecule has 0 aliphatic heterocycles. The zero-order valence-electron chi connectivity index (χ0n) is 11.9. The van der Waals surface area contributed by atoms with Crippen molar-refractivity contribution >= 4 is 10.0 Å². The van der Waals surface area contributed by atoms with E-state index >= 15 is 0 Å². The molecule has 2 aromatic rings. The van der Waals surface area contributed by atoms with Gasteiger partial charge in [0.25, 0.3) is 10.0 Å². The van der Waals surface area contributed by atoms with Gasteiger partial charge in [0.1, 0.15) is 5.75 Å². The Hall–Kier alpha value is -1.89. The number of ether oxygens (including phenoxy) is 1. The molecule has 0 spiro atoms. The van der Waals surface area contributed by atoms with Crippen LogP contribution in [0.5, 0.6) is 5.75 Å². The predicted octanol–water partition coefficient (Wildman–Crippen LogP) is 2.41. The number of rotatable bonds is 6. The first kappa shape index (κ1) is 15.5. The Morgan fingerprint density at radius 1 is 1.10 bits per heavy atom. The summed E-state index contributed by atoms with van der Waals surface area (Å²) in [5.74, 6) is 0.638. The Balaban J connectivity index is 2.03. The number of nitrogens with one attached hydrogen (secondary N) is 1. The van der Waals surface area contributed by atoms with Gasteiger partial charge < -0.3 is 4.74 Å². The molecule has 0 bridgehead atoms. The van der Waals surface area contributed by atoms with E-state index in [1.807, 2.05) is 30.3 Å². The second-order valence-corrected chi connectivity index (χ2v) is 6.14. The molecule has 0 aromatic heterocycles. The zero-order valence-corrected chi connectivity index (χ0v) is 12.7. The monoisotopic (exact) mass is 307 g/mol. The summed E-state index contributed by atoms with van der Waals surface area (Å²) in [6.07, 6.45) is 0. The molecule has 0 saturated carbocycles. The summed E-state index contributed by atoms with van der Waals surface area (Å²) in [5.41, 5.74) is 1.62. The molecular formula is C15H17NO4S. The van der Waals surface area contributed by atoms with Crippen molar-refractivity contribution in [2.24, 2.45) is 0 Å². The molecule has 2 aromatic carbocycles. The van der Waals surface area contributed by atoms with Gasteiger partial charge in [-0.2, -0.15) is 0 Å². The van der Waals surface area contributed by atoms with Gasteiger partial charge in [-0.1, -0.05) is 35.2 Å². The maximum Gasteiger partial charge on any atom is 0.262 e. The van der Waals surface area contributed by atoms with Crippen LogP contribution >= 0.6 is 0 Å². The average molecular weight is 307 g/mol. The Kier molecular flexibility index (Phi) is 4.95. The number of sulfonamides is 1. The van der Waals surface area contributed by atoms with Crippen molar-refractivity contribution in [3.8, 4) is 5.75 Å². The second-order valence-electron chi connectivity index (χ2n) is 4.49. The minimum absolute atomic E-state index is 0.133. The maximum absolute atomic E-state index is 12.1. The summed E-state index contributed by atoms with van der Waals surface area (Å²) in [6, 6.07) is 13.9. The van der Waals surface area contributed by atoms with Crippen molar-refractivity contribution in [3.05, 3.63) is 59.7 Å². The molecule has 6 heteroatoms. The SMILES string of the molecule is COc1ccc(S(=O)(=O)NOCc2ccccc2)cc1C. The quantitative estimate of drug-likeness (QED) is 0.832. The third-order valence-electron chi connectivity index (χ3n) is 2.93. The van der Waals surface area contributed by atoms with Crippen molar-refractivity contribution < 1.29 is 18.0 Å². The number of hydrogen-bond acceptors (Lipinski definition) is 4. The Labute approximate surface area is 124 Å². The van der Waals surface area contributed by atoms with Crippen LogP contribution in [0.15, 0.2) is 53.4 Å². The summed E-state index contributed by atoms with van der Waals surface area (Å²) in [6.45, 7) is 1.94. The van der Waals surface area contributed by atoms with E-state index < -0.39 is 10.0 Å². The van der Waals surface area contributed by atoms with Crippen LogP contribution in [0.3, 0.4) is 0 Å². The second kappa shape index (κ2) is 6.71. The molecular weight excluding hydrogens is 290 g/mol. The Morgan fingerprint density at radius 3 is 2.43 bits per heavy atom. The van der Waals surface area contributed by atoms with Gasteiger partial charge in [-0.15, -0.1) is 0 Å². The van der Waals surface area contributed by atoms with Crippen LogP contribution in [0, 0.1) is 6.92 Å². The van der Waals surface area contributed by atoms with Gasteiger partial charge in [0.05, 0.1) is 18.6 Å². The molecule has 5 nitrogen and oxygen atoms in total. The lowest BCUT2D eigenvalue weighted by atomic mass is 10.2. The standard InChI is InChI=1S/C15H17NO4S/c1-12-10-14(8-9-15(12)19-2)21(17,18)16-20-11-13-6-4-3-5-7-13/h3-10,16H,11H2,1-2H3. The van der Waals surface area contributed by atoms with E-state index in [1.54, 1.807) is 13.0 Å². The van der Waals surface area contributed by atoms with E-state index in [-0.39, 0.29) is 11.5 Å². The number of benzene rings is 2. The molecule has 112 valence electrons. The highest BCUT2D eigenvalue weighted by molar-refractivity contribution is 7.89. The molecule has 21 heavy (non-hydrogen) atoms. The third-order valence-corrected chi connectivity index (χ3v) is 4.14. The molecule has 0 atom stereocenters. The molecule has 0 aliphatic carbocycles. The lowest BCUT2D eigenvalue weighted by molar-refractivity contribution is 0.0795. The van der Waals surface area contributed by atoms with E-state index in [2.05, 4.69) is 4.89 Å². The van der Waals surface area contributed by atoms with Crippen LogP contribution in [0.4, 0.5) is 0 Å². The molecule has 0 fully saturated rings. The summed E-state index contributed by atoms with van der Waals surface area (Å²) >= 11 is 0. The van der Waals surface area contributed by atoms with Crippen molar-refractivity contribution in [2.75, 3.05) is 7.11 Å².